The van der Waals surface area contributed by atoms with Crippen LogP contribution < -0.4 is 5.32 Å². The number of nitrogens with zero attached hydrogens (tertiary/aromatic N) is 2. The minimum absolute atomic E-state index is 0.0986. The van der Waals surface area contributed by atoms with Crippen LogP contribution in [0, 0.1) is 0 Å². The third kappa shape index (κ3) is 4.29. The molecule has 21 heavy (non-hydrogen) atoms. The van der Waals surface area contributed by atoms with Gasteiger partial charge in [0.05, 0.1) is 0 Å². The molecule has 112 valence electrons. The number of carbonyl (C=O) groups is 1. The van der Waals surface area contributed by atoms with Gasteiger partial charge in [-0.25, -0.2) is 4.98 Å². The van der Waals surface area contributed by atoms with E-state index in [0.29, 0.717) is 0 Å². The average Bonchev–Trinajstić information content (AvgIpc) is 2.99. The summed E-state index contributed by atoms with van der Waals surface area (Å²) < 4.78 is 0. The molecule has 0 aliphatic heterocycles. The van der Waals surface area contributed by atoms with Gasteiger partial charge in [0.15, 0.2) is 5.13 Å². The molecule has 0 aliphatic carbocycles. The van der Waals surface area contributed by atoms with Crippen LogP contribution in [0.15, 0.2) is 35.8 Å². The highest BCUT2D eigenvalue weighted by atomic mass is 32.1. The van der Waals surface area contributed by atoms with E-state index < -0.39 is 0 Å². The lowest BCUT2D eigenvalue weighted by Crippen LogP contribution is -2.32. The van der Waals surface area contributed by atoms with E-state index in [-0.39, 0.29) is 5.91 Å². The molecule has 0 bridgehead atoms. The zero-order valence-electron chi connectivity index (χ0n) is 12.5. The Labute approximate surface area is 129 Å². The predicted octanol–water partition coefficient (Wildman–Crippen LogP) is 4.15. The van der Waals surface area contributed by atoms with Crippen LogP contribution in [0.2, 0.25) is 0 Å². The number of rotatable bonds is 7. The number of anilines is 2. The maximum Gasteiger partial charge on any atom is 0.253 e. The smallest absolute Gasteiger partial charge is 0.253 e. The highest BCUT2D eigenvalue weighted by molar-refractivity contribution is 7.13. The largest absolute Gasteiger partial charge is 0.339 e. The first-order valence-electron chi connectivity index (χ1n) is 7.30. The monoisotopic (exact) mass is 303 g/mol. The van der Waals surface area contributed by atoms with Gasteiger partial charge in [-0.05, 0) is 31.0 Å². The summed E-state index contributed by atoms with van der Waals surface area (Å²) in [5.74, 6) is 0.0986. The third-order valence-corrected chi connectivity index (χ3v) is 3.76. The van der Waals surface area contributed by atoms with E-state index in [4.69, 9.17) is 0 Å². The normalized spacial score (nSPS) is 10.4. The summed E-state index contributed by atoms with van der Waals surface area (Å²) in [5, 5.41) is 5.97. The van der Waals surface area contributed by atoms with Crippen molar-refractivity contribution in [3.05, 3.63) is 41.4 Å². The van der Waals surface area contributed by atoms with Gasteiger partial charge in [0.25, 0.3) is 5.91 Å². The number of carbonyl (C=O) groups excluding carboxylic acids is 1. The van der Waals surface area contributed by atoms with E-state index in [0.717, 1.165) is 42.3 Å². The van der Waals surface area contributed by atoms with Crippen molar-refractivity contribution in [2.75, 3.05) is 18.4 Å². The molecule has 1 aromatic carbocycles. The van der Waals surface area contributed by atoms with Crippen molar-refractivity contribution in [2.45, 2.75) is 26.7 Å². The summed E-state index contributed by atoms with van der Waals surface area (Å²) in [6.07, 6.45) is 3.71. The highest BCUT2D eigenvalue weighted by Crippen LogP contribution is 2.20. The molecule has 1 heterocycles. The minimum atomic E-state index is 0.0986. The molecule has 1 aromatic heterocycles. The molecule has 0 saturated carbocycles. The Bertz CT molecular complexity index is 563. The van der Waals surface area contributed by atoms with Crippen LogP contribution in [0.25, 0.3) is 0 Å². The summed E-state index contributed by atoms with van der Waals surface area (Å²) in [7, 11) is 0. The number of nitrogens with one attached hydrogen (secondary N) is 1. The predicted molar refractivity (Wildman–Crippen MR) is 88.3 cm³/mol. The quantitative estimate of drug-likeness (QED) is 0.835. The van der Waals surface area contributed by atoms with Crippen molar-refractivity contribution in [1.82, 2.24) is 9.88 Å². The summed E-state index contributed by atoms with van der Waals surface area (Å²) in [6, 6.07) is 7.61. The van der Waals surface area contributed by atoms with Crippen molar-refractivity contribution >= 4 is 28.1 Å². The number of amides is 1. The van der Waals surface area contributed by atoms with Crippen LogP contribution in [0.5, 0.6) is 0 Å². The van der Waals surface area contributed by atoms with E-state index in [1.165, 1.54) is 11.3 Å². The molecule has 0 fully saturated rings. The maximum atomic E-state index is 12.6. The number of benzene rings is 1. The van der Waals surface area contributed by atoms with Crippen LogP contribution in [0.4, 0.5) is 10.8 Å². The molecule has 1 N–H and O–H groups in total. The SMILES string of the molecule is CCCN(CCC)C(=O)c1cccc(Nc2nccs2)c1. The summed E-state index contributed by atoms with van der Waals surface area (Å²) in [5.41, 5.74) is 1.61. The highest BCUT2D eigenvalue weighted by Gasteiger charge is 2.14. The second-order valence-electron chi connectivity index (χ2n) is 4.84. The fraction of sp³-hybridized carbons (Fsp3) is 0.375. The van der Waals surface area contributed by atoms with Gasteiger partial charge in [0.1, 0.15) is 0 Å². The first-order valence-corrected chi connectivity index (χ1v) is 8.18. The number of hydrogen-bond donors (Lipinski definition) is 1. The Morgan fingerprint density at radius 3 is 2.67 bits per heavy atom. The molecule has 4 nitrogen and oxygen atoms in total. The van der Waals surface area contributed by atoms with Crippen molar-refractivity contribution < 1.29 is 4.79 Å². The molecule has 0 unspecified atom stereocenters. The van der Waals surface area contributed by atoms with E-state index in [9.17, 15) is 4.79 Å². The fourth-order valence-electron chi connectivity index (χ4n) is 2.18. The summed E-state index contributed by atoms with van der Waals surface area (Å²) in [4.78, 5) is 18.7. The minimum Gasteiger partial charge on any atom is -0.339 e. The van der Waals surface area contributed by atoms with Gasteiger partial charge in [-0.1, -0.05) is 19.9 Å². The first-order chi connectivity index (χ1) is 10.2. The lowest BCUT2D eigenvalue weighted by molar-refractivity contribution is 0.0755. The van der Waals surface area contributed by atoms with Crippen molar-refractivity contribution in [2.24, 2.45) is 0 Å². The molecule has 0 atom stereocenters. The van der Waals surface area contributed by atoms with Crippen molar-refractivity contribution in [1.29, 1.82) is 0 Å². The number of hydrogen-bond acceptors (Lipinski definition) is 4. The Hall–Kier alpha value is -1.88. The Balaban J connectivity index is 2.13. The third-order valence-electron chi connectivity index (χ3n) is 3.07. The van der Waals surface area contributed by atoms with Crippen LogP contribution in [0.3, 0.4) is 0 Å². The summed E-state index contributed by atoms with van der Waals surface area (Å²) >= 11 is 1.54. The summed E-state index contributed by atoms with van der Waals surface area (Å²) in [6.45, 7) is 5.79. The van der Waals surface area contributed by atoms with Gasteiger partial charge < -0.3 is 10.2 Å². The van der Waals surface area contributed by atoms with Gasteiger partial charge in [-0.2, -0.15) is 0 Å². The van der Waals surface area contributed by atoms with Gasteiger partial charge in [-0.3, -0.25) is 4.79 Å². The Morgan fingerprint density at radius 1 is 1.29 bits per heavy atom. The van der Waals surface area contributed by atoms with Crippen LogP contribution in [-0.4, -0.2) is 28.9 Å². The van der Waals surface area contributed by atoms with E-state index in [1.807, 2.05) is 34.5 Å². The zero-order valence-corrected chi connectivity index (χ0v) is 13.3. The Morgan fingerprint density at radius 2 is 2.05 bits per heavy atom. The number of thiazole rings is 1. The van der Waals surface area contributed by atoms with Crippen LogP contribution in [-0.2, 0) is 0 Å². The molecular weight excluding hydrogens is 282 g/mol. The van der Waals surface area contributed by atoms with Crippen LogP contribution in [0.1, 0.15) is 37.0 Å². The molecule has 2 rings (SSSR count). The zero-order chi connectivity index (χ0) is 15.1. The standard InChI is InChI=1S/C16H21N3OS/c1-3-9-19(10-4-2)15(20)13-6-5-7-14(12-13)18-16-17-8-11-21-16/h5-8,11-12H,3-4,9-10H2,1-2H3,(H,17,18). The van der Waals surface area contributed by atoms with E-state index >= 15 is 0 Å². The van der Waals surface area contributed by atoms with Gasteiger partial charge in [0.2, 0.25) is 0 Å². The molecule has 0 aliphatic rings. The number of aromatic nitrogens is 1. The lowest BCUT2D eigenvalue weighted by atomic mass is 10.1. The van der Waals surface area contributed by atoms with Gasteiger partial charge >= 0.3 is 0 Å². The lowest BCUT2D eigenvalue weighted by Gasteiger charge is -2.21. The molecule has 5 heteroatoms. The van der Waals surface area contributed by atoms with E-state index in [2.05, 4.69) is 24.1 Å². The van der Waals surface area contributed by atoms with Crippen molar-refractivity contribution in [3.63, 3.8) is 0 Å². The topological polar surface area (TPSA) is 45.2 Å². The fourth-order valence-corrected chi connectivity index (χ4v) is 2.73. The van der Waals surface area contributed by atoms with Gasteiger partial charge in [-0.15, -0.1) is 11.3 Å². The molecule has 2 aromatic rings. The van der Waals surface area contributed by atoms with E-state index in [1.54, 1.807) is 6.20 Å². The Kier molecular flexibility index (Phi) is 5.75. The maximum absolute atomic E-state index is 12.6. The van der Waals surface area contributed by atoms with Crippen LogP contribution >= 0.6 is 11.3 Å². The first kappa shape index (κ1) is 15.5. The molecule has 0 saturated heterocycles. The molecule has 1 amide bonds. The second-order valence-corrected chi connectivity index (χ2v) is 5.73. The van der Waals surface area contributed by atoms with Crippen molar-refractivity contribution in [3.8, 4) is 0 Å². The molecular formula is C16H21N3OS. The molecule has 0 radical (unpaired) electrons. The molecule has 0 spiro atoms. The average molecular weight is 303 g/mol. The second kappa shape index (κ2) is 7.78. The van der Waals surface area contributed by atoms with Gasteiger partial charge in [0, 0.05) is 35.9 Å².